The van der Waals surface area contributed by atoms with Crippen molar-refractivity contribution in [2.75, 3.05) is 5.32 Å². The summed E-state index contributed by atoms with van der Waals surface area (Å²) in [6.45, 7) is 1.51. The molecule has 3 aromatic rings. The van der Waals surface area contributed by atoms with E-state index >= 15 is 0 Å². The van der Waals surface area contributed by atoms with Gasteiger partial charge in [0.25, 0.3) is 0 Å². The lowest BCUT2D eigenvalue weighted by atomic mass is 10.1. The number of fused-ring (bicyclic) bond motifs is 1. The Hall–Kier alpha value is -2.25. The molecule has 118 valence electrons. The van der Waals surface area contributed by atoms with Crippen molar-refractivity contribution in [2.24, 2.45) is 0 Å². The number of nitrogens with one attached hydrogen (secondary N) is 1. The lowest BCUT2D eigenvalue weighted by Gasteiger charge is -2.12. The number of thiophene rings is 1. The molecule has 1 unspecified atom stereocenters. The SMILES string of the molecule is CC(Nc1nc(Cl)nc2scc(-c3ccc(F)cc3)c12)C(=O)O. The summed E-state index contributed by atoms with van der Waals surface area (Å²) in [5.41, 5.74) is 1.58. The van der Waals surface area contributed by atoms with E-state index in [0.29, 0.717) is 16.0 Å². The smallest absolute Gasteiger partial charge is 0.325 e. The molecule has 2 heterocycles. The molecular weight excluding hydrogens is 341 g/mol. The molecule has 0 radical (unpaired) electrons. The lowest BCUT2D eigenvalue weighted by molar-refractivity contribution is -0.137. The van der Waals surface area contributed by atoms with Crippen molar-refractivity contribution in [1.82, 2.24) is 9.97 Å². The molecule has 1 aromatic carbocycles. The average molecular weight is 352 g/mol. The topological polar surface area (TPSA) is 75.1 Å². The van der Waals surface area contributed by atoms with E-state index in [1.807, 2.05) is 5.38 Å². The molecule has 3 rings (SSSR count). The van der Waals surface area contributed by atoms with E-state index < -0.39 is 12.0 Å². The molecule has 0 saturated heterocycles. The zero-order valence-corrected chi connectivity index (χ0v) is 13.5. The minimum atomic E-state index is -1.01. The van der Waals surface area contributed by atoms with E-state index in [1.54, 1.807) is 12.1 Å². The van der Waals surface area contributed by atoms with Crippen LogP contribution in [0.1, 0.15) is 6.92 Å². The van der Waals surface area contributed by atoms with E-state index in [1.165, 1.54) is 30.4 Å². The summed E-state index contributed by atoms with van der Waals surface area (Å²) >= 11 is 7.27. The van der Waals surface area contributed by atoms with Crippen molar-refractivity contribution in [3.8, 4) is 11.1 Å². The highest BCUT2D eigenvalue weighted by Gasteiger charge is 2.18. The van der Waals surface area contributed by atoms with Crippen LogP contribution in [0.4, 0.5) is 10.2 Å². The molecule has 23 heavy (non-hydrogen) atoms. The number of benzene rings is 1. The molecule has 0 saturated carbocycles. The molecule has 0 fully saturated rings. The highest BCUT2D eigenvalue weighted by molar-refractivity contribution is 7.17. The number of anilines is 1. The summed E-state index contributed by atoms with van der Waals surface area (Å²) in [4.78, 5) is 20.0. The number of halogens is 2. The third-order valence-corrected chi connectivity index (χ3v) is 4.33. The van der Waals surface area contributed by atoms with Gasteiger partial charge < -0.3 is 10.4 Å². The molecule has 0 aliphatic heterocycles. The van der Waals surface area contributed by atoms with Crippen molar-refractivity contribution < 1.29 is 14.3 Å². The Morgan fingerprint density at radius 1 is 1.35 bits per heavy atom. The van der Waals surface area contributed by atoms with Gasteiger partial charge in [0.05, 0.1) is 5.39 Å². The Morgan fingerprint density at radius 2 is 2.04 bits per heavy atom. The van der Waals surface area contributed by atoms with Gasteiger partial charge in [-0.15, -0.1) is 11.3 Å². The fourth-order valence-corrected chi connectivity index (χ4v) is 3.30. The number of carboxylic acids is 1. The quantitative estimate of drug-likeness (QED) is 0.694. The summed E-state index contributed by atoms with van der Waals surface area (Å²) in [7, 11) is 0. The fourth-order valence-electron chi connectivity index (χ4n) is 2.13. The minimum Gasteiger partial charge on any atom is -0.480 e. The molecule has 8 heteroatoms. The first-order chi connectivity index (χ1) is 11.0. The monoisotopic (exact) mass is 351 g/mol. The zero-order valence-electron chi connectivity index (χ0n) is 11.9. The summed E-state index contributed by atoms with van der Waals surface area (Å²) in [6, 6.07) is 5.18. The second-order valence-corrected chi connectivity index (χ2v) is 6.08. The molecule has 5 nitrogen and oxygen atoms in total. The van der Waals surface area contributed by atoms with Crippen molar-refractivity contribution in [3.05, 3.63) is 40.7 Å². The van der Waals surface area contributed by atoms with E-state index in [4.69, 9.17) is 16.7 Å². The van der Waals surface area contributed by atoms with Crippen LogP contribution in [-0.2, 0) is 4.79 Å². The Morgan fingerprint density at radius 3 is 2.70 bits per heavy atom. The number of nitrogens with zero attached hydrogens (tertiary/aromatic N) is 2. The van der Waals surface area contributed by atoms with Gasteiger partial charge >= 0.3 is 5.97 Å². The maximum absolute atomic E-state index is 13.1. The van der Waals surface area contributed by atoms with Crippen molar-refractivity contribution in [1.29, 1.82) is 0 Å². The van der Waals surface area contributed by atoms with Crippen molar-refractivity contribution in [2.45, 2.75) is 13.0 Å². The molecule has 2 aromatic heterocycles. The highest BCUT2D eigenvalue weighted by Crippen LogP contribution is 2.37. The van der Waals surface area contributed by atoms with Crippen LogP contribution in [0.25, 0.3) is 21.3 Å². The number of carbonyl (C=O) groups is 1. The number of carboxylic acid groups (broad SMARTS) is 1. The van der Waals surface area contributed by atoms with Crippen molar-refractivity contribution >= 4 is 44.9 Å². The van der Waals surface area contributed by atoms with Gasteiger partial charge in [0.2, 0.25) is 5.28 Å². The van der Waals surface area contributed by atoms with Crippen LogP contribution >= 0.6 is 22.9 Å². The van der Waals surface area contributed by atoms with Gasteiger partial charge in [-0.3, -0.25) is 4.79 Å². The average Bonchev–Trinajstić information content (AvgIpc) is 2.91. The molecule has 0 aliphatic carbocycles. The van der Waals surface area contributed by atoms with Gasteiger partial charge in [-0.25, -0.2) is 14.4 Å². The second kappa shape index (κ2) is 6.10. The first-order valence-electron chi connectivity index (χ1n) is 6.65. The molecule has 0 bridgehead atoms. The van der Waals surface area contributed by atoms with E-state index in [2.05, 4.69) is 15.3 Å². The largest absolute Gasteiger partial charge is 0.480 e. The highest BCUT2D eigenvalue weighted by atomic mass is 35.5. The number of hydrogen-bond acceptors (Lipinski definition) is 5. The first kappa shape index (κ1) is 15.6. The van der Waals surface area contributed by atoms with Gasteiger partial charge in [0, 0.05) is 10.9 Å². The standard InChI is InChI=1S/C15H11ClFN3O2S/c1-7(14(21)22)18-12-11-10(8-2-4-9(17)5-3-8)6-23-13(11)20-15(16)19-12/h2-7H,1H3,(H,21,22)(H,18,19,20). The Labute approximate surface area is 139 Å². The number of rotatable bonds is 4. The van der Waals surface area contributed by atoms with Gasteiger partial charge in [-0.05, 0) is 36.2 Å². The summed E-state index contributed by atoms with van der Waals surface area (Å²) in [6.07, 6.45) is 0. The Bertz CT molecular complexity index is 882. The van der Waals surface area contributed by atoms with Gasteiger partial charge in [-0.2, -0.15) is 0 Å². The van der Waals surface area contributed by atoms with Gasteiger partial charge in [0.15, 0.2) is 0 Å². The molecule has 0 aliphatic rings. The number of aliphatic carboxylic acids is 1. The summed E-state index contributed by atoms with van der Waals surface area (Å²) in [5.74, 6) is -0.993. The molecule has 0 spiro atoms. The van der Waals surface area contributed by atoms with Crippen molar-refractivity contribution in [3.63, 3.8) is 0 Å². The van der Waals surface area contributed by atoms with Crippen LogP contribution < -0.4 is 5.32 Å². The van der Waals surface area contributed by atoms with Crippen LogP contribution in [0.2, 0.25) is 5.28 Å². The Balaban J connectivity index is 2.16. The van der Waals surface area contributed by atoms with Crippen LogP contribution in [0.3, 0.4) is 0 Å². The third kappa shape index (κ3) is 3.11. The van der Waals surface area contributed by atoms with Gasteiger partial charge in [-0.1, -0.05) is 12.1 Å². The van der Waals surface area contributed by atoms with E-state index in [-0.39, 0.29) is 11.1 Å². The maximum Gasteiger partial charge on any atom is 0.325 e. The summed E-state index contributed by atoms with van der Waals surface area (Å²) in [5, 5.41) is 14.5. The number of hydrogen-bond donors (Lipinski definition) is 2. The van der Waals surface area contributed by atoms with Crippen LogP contribution in [0.5, 0.6) is 0 Å². The van der Waals surface area contributed by atoms with Gasteiger partial charge in [0.1, 0.15) is 22.5 Å². The molecule has 1 atom stereocenters. The van der Waals surface area contributed by atoms with E-state index in [0.717, 1.165) is 11.1 Å². The fraction of sp³-hybridized carbons (Fsp3) is 0.133. The predicted octanol–water partition coefficient (Wildman–Crippen LogP) is 4.04. The predicted molar refractivity (Wildman–Crippen MR) is 88.5 cm³/mol. The zero-order chi connectivity index (χ0) is 16.6. The number of aromatic nitrogens is 2. The van der Waals surface area contributed by atoms with E-state index in [9.17, 15) is 9.18 Å². The summed E-state index contributed by atoms with van der Waals surface area (Å²) < 4.78 is 13.1. The maximum atomic E-state index is 13.1. The first-order valence-corrected chi connectivity index (χ1v) is 7.91. The third-order valence-electron chi connectivity index (χ3n) is 3.29. The minimum absolute atomic E-state index is 0.0325. The molecular formula is C15H11ClFN3O2S. The second-order valence-electron chi connectivity index (χ2n) is 4.88. The Kier molecular flexibility index (Phi) is 4.14. The molecule has 2 N–H and O–H groups in total. The normalized spacial score (nSPS) is 12.3. The van der Waals surface area contributed by atoms with Crippen LogP contribution in [-0.4, -0.2) is 27.1 Å². The van der Waals surface area contributed by atoms with Crippen LogP contribution in [0.15, 0.2) is 29.6 Å². The molecule has 0 amide bonds. The van der Waals surface area contributed by atoms with Crippen LogP contribution in [0, 0.1) is 5.82 Å². The lowest BCUT2D eigenvalue weighted by Crippen LogP contribution is -2.26.